The SMILES string of the molecule is COc1cc(C(NN)c2cccnc2N)ncn1. The fourth-order valence-corrected chi connectivity index (χ4v) is 1.63. The minimum atomic E-state index is -0.365. The third kappa shape index (κ3) is 2.36. The summed E-state index contributed by atoms with van der Waals surface area (Å²) >= 11 is 0. The first-order valence-corrected chi connectivity index (χ1v) is 5.28. The molecular formula is C11H14N6O. The van der Waals surface area contributed by atoms with Gasteiger partial charge in [-0.25, -0.2) is 20.4 Å². The molecule has 0 saturated heterocycles. The molecule has 0 bridgehead atoms. The molecule has 2 rings (SSSR count). The second-order valence-electron chi connectivity index (χ2n) is 3.56. The summed E-state index contributed by atoms with van der Waals surface area (Å²) in [5.74, 6) is 6.42. The van der Waals surface area contributed by atoms with Gasteiger partial charge in [-0.05, 0) is 6.07 Å². The average molecular weight is 246 g/mol. The number of ether oxygens (including phenoxy) is 1. The summed E-state index contributed by atoms with van der Waals surface area (Å²) in [7, 11) is 1.54. The summed E-state index contributed by atoms with van der Waals surface area (Å²) < 4.78 is 5.05. The number of nitrogen functional groups attached to an aromatic ring is 1. The van der Waals surface area contributed by atoms with Crippen LogP contribution < -0.4 is 21.7 Å². The van der Waals surface area contributed by atoms with Crippen molar-refractivity contribution in [3.8, 4) is 5.88 Å². The van der Waals surface area contributed by atoms with Crippen LogP contribution in [0.25, 0.3) is 0 Å². The molecule has 0 aliphatic heterocycles. The van der Waals surface area contributed by atoms with Crippen LogP contribution in [0.3, 0.4) is 0 Å². The lowest BCUT2D eigenvalue weighted by Crippen LogP contribution is -2.30. The number of pyridine rings is 1. The molecule has 0 spiro atoms. The summed E-state index contributed by atoms with van der Waals surface area (Å²) in [6.45, 7) is 0. The molecule has 0 saturated carbocycles. The number of hydrogen-bond donors (Lipinski definition) is 3. The van der Waals surface area contributed by atoms with Crippen molar-refractivity contribution in [2.24, 2.45) is 5.84 Å². The average Bonchev–Trinajstić information content (AvgIpc) is 2.42. The number of aromatic nitrogens is 3. The van der Waals surface area contributed by atoms with Gasteiger partial charge in [-0.1, -0.05) is 6.07 Å². The molecule has 0 amide bonds. The van der Waals surface area contributed by atoms with E-state index >= 15 is 0 Å². The quantitative estimate of drug-likeness (QED) is 0.514. The van der Waals surface area contributed by atoms with Crippen LogP contribution >= 0.6 is 0 Å². The summed E-state index contributed by atoms with van der Waals surface area (Å²) in [6.07, 6.45) is 3.03. The molecule has 1 atom stereocenters. The van der Waals surface area contributed by atoms with Crippen molar-refractivity contribution in [3.05, 3.63) is 42.0 Å². The maximum absolute atomic E-state index is 5.82. The van der Waals surface area contributed by atoms with Gasteiger partial charge in [-0.15, -0.1) is 0 Å². The molecule has 7 heteroatoms. The fraction of sp³-hybridized carbons (Fsp3) is 0.182. The maximum atomic E-state index is 5.82. The standard InChI is InChI=1S/C11H14N6O/c1-18-9-5-8(15-6-16-9)10(17-13)7-3-2-4-14-11(7)12/h2-6,10,17H,13H2,1H3,(H2,12,14). The molecule has 5 N–H and O–H groups in total. The van der Waals surface area contributed by atoms with Crippen molar-refractivity contribution in [1.29, 1.82) is 0 Å². The van der Waals surface area contributed by atoms with Crippen LogP contribution in [-0.4, -0.2) is 22.1 Å². The molecule has 2 aromatic heterocycles. The van der Waals surface area contributed by atoms with Crippen molar-refractivity contribution >= 4 is 5.82 Å². The van der Waals surface area contributed by atoms with Crippen molar-refractivity contribution in [2.75, 3.05) is 12.8 Å². The van der Waals surface area contributed by atoms with Crippen LogP contribution in [0.4, 0.5) is 5.82 Å². The maximum Gasteiger partial charge on any atom is 0.216 e. The largest absolute Gasteiger partial charge is 0.481 e. The van der Waals surface area contributed by atoms with E-state index in [0.717, 1.165) is 5.56 Å². The van der Waals surface area contributed by atoms with Gasteiger partial charge >= 0.3 is 0 Å². The van der Waals surface area contributed by atoms with Gasteiger partial charge in [0.15, 0.2) is 0 Å². The van der Waals surface area contributed by atoms with E-state index in [9.17, 15) is 0 Å². The van der Waals surface area contributed by atoms with Gasteiger partial charge in [0.25, 0.3) is 0 Å². The highest BCUT2D eigenvalue weighted by atomic mass is 16.5. The molecule has 7 nitrogen and oxygen atoms in total. The lowest BCUT2D eigenvalue weighted by atomic mass is 10.1. The topological polar surface area (TPSA) is 112 Å². The Morgan fingerprint density at radius 3 is 2.83 bits per heavy atom. The molecule has 2 heterocycles. The van der Waals surface area contributed by atoms with Crippen molar-refractivity contribution in [1.82, 2.24) is 20.4 Å². The zero-order chi connectivity index (χ0) is 13.0. The van der Waals surface area contributed by atoms with Gasteiger partial charge in [-0.2, -0.15) is 0 Å². The summed E-state index contributed by atoms with van der Waals surface area (Å²) in [5.41, 5.74) is 9.89. The van der Waals surface area contributed by atoms with E-state index in [4.69, 9.17) is 16.3 Å². The van der Waals surface area contributed by atoms with E-state index in [-0.39, 0.29) is 6.04 Å². The first-order chi connectivity index (χ1) is 8.76. The van der Waals surface area contributed by atoms with Gasteiger partial charge in [0.2, 0.25) is 5.88 Å². The zero-order valence-electron chi connectivity index (χ0n) is 9.87. The molecule has 18 heavy (non-hydrogen) atoms. The Morgan fingerprint density at radius 2 is 2.17 bits per heavy atom. The predicted molar refractivity (Wildman–Crippen MR) is 66.4 cm³/mol. The van der Waals surface area contributed by atoms with Crippen molar-refractivity contribution in [3.63, 3.8) is 0 Å². The Hall–Kier alpha value is -2.25. The van der Waals surface area contributed by atoms with E-state index in [0.29, 0.717) is 17.4 Å². The van der Waals surface area contributed by atoms with Gasteiger partial charge in [0, 0.05) is 17.8 Å². The van der Waals surface area contributed by atoms with Crippen LogP contribution in [0.5, 0.6) is 5.88 Å². The summed E-state index contributed by atoms with van der Waals surface area (Å²) in [6, 6.07) is 4.95. The number of rotatable bonds is 4. The van der Waals surface area contributed by atoms with Crippen LogP contribution in [0.15, 0.2) is 30.7 Å². The first-order valence-electron chi connectivity index (χ1n) is 5.28. The molecule has 0 aromatic carbocycles. The van der Waals surface area contributed by atoms with Crippen LogP contribution in [-0.2, 0) is 0 Å². The number of nitrogens with two attached hydrogens (primary N) is 2. The number of hydrogen-bond acceptors (Lipinski definition) is 7. The monoisotopic (exact) mass is 246 g/mol. The lowest BCUT2D eigenvalue weighted by Gasteiger charge is -2.17. The zero-order valence-corrected chi connectivity index (χ0v) is 9.87. The van der Waals surface area contributed by atoms with Crippen molar-refractivity contribution < 1.29 is 4.74 Å². The summed E-state index contributed by atoms with van der Waals surface area (Å²) in [4.78, 5) is 12.1. The third-order valence-corrected chi connectivity index (χ3v) is 2.52. The molecule has 1 unspecified atom stereocenters. The van der Waals surface area contributed by atoms with Gasteiger partial charge < -0.3 is 10.5 Å². The Kier molecular flexibility index (Phi) is 3.66. The number of anilines is 1. The van der Waals surface area contributed by atoms with Gasteiger partial charge in [0.1, 0.15) is 12.1 Å². The summed E-state index contributed by atoms with van der Waals surface area (Å²) in [5, 5.41) is 0. The van der Waals surface area contributed by atoms with E-state index in [1.807, 2.05) is 6.07 Å². The van der Waals surface area contributed by atoms with Crippen LogP contribution in [0.1, 0.15) is 17.3 Å². The number of nitrogens with one attached hydrogen (secondary N) is 1. The molecule has 0 aliphatic carbocycles. The minimum absolute atomic E-state index is 0.365. The lowest BCUT2D eigenvalue weighted by molar-refractivity contribution is 0.395. The van der Waals surface area contributed by atoms with Gasteiger partial charge in [-0.3, -0.25) is 5.84 Å². The number of hydrazine groups is 1. The molecule has 2 aromatic rings. The fourth-order valence-electron chi connectivity index (χ4n) is 1.63. The Balaban J connectivity index is 2.42. The van der Waals surface area contributed by atoms with Crippen LogP contribution in [0, 0.1) is 0 Å². The normalized spacial score (nSPS) is 12.1. The minimum Gasteiger partial charge on any atom is -0.481 e. The molecular weight excluding hydrogens is 232 g/mol. The highest BCUT2D eigenvalue weighted by Crippen LogP contribution is 2.24. The second kappa shape index (κ2) is 5.39. The van der Waals surface area contributed by atoms with E-state index in [2.05, 4.69) is 20.4 Å². The molecule has 0 fully saturated rings. The number of nitrogens with zero attached hydrogens (tertiary/aromatic N) is 3. The smallest absolute Gasteiger partial charge is 0.216 e. The van der Waals surface area contributed by atoms with E-state index < -0.39 is 0 Å². The molecule has 0 aliphatic rings. The molecule has 0 radical (unpaired) electrons. The Morgan fingerprint density at radius 1 is 1.33 bits per heavy atom. The Bertz CT molecular complexity index is 532. The van der Waals surface area contributed by atoms with Crippen molar-refractivity contribution in [2.45, 2.75) is 6.04 Å². The molecule has 94 valence electrons. The Labute approximate surface area is 104 Å². The van der Waals surface area contributed by atoms with E-state index in [1.54, 1.807) is 18.3 Å². The van der Waals surface area contributed by atoms with Crippen LogP contribution in [0.2, 0.25) is 0 Å². The van der Waals surface area contributed by atoms with E-state index in [1.165, 1.54) is 13.4 Å². The number of methoxy groups -OCH3 is 1. The third-order valence-electron chi connectivity index (χ3n) is 2.52. The van der Waals surface area contributed by atoms with Gasteiger partial charge in [0.05, 0.1) is 18.8 Å². The predicted octanol–water partition coefficient (Wildman–Crippen LogP) is 0.0151. The highest BCUT2D eigenvalue weighted by molar-refractivity contribution is 5.44. The second-order valence-corrected chi connectivity index (χ2v) is 3.56. The first kappa shape index (κ1) is 12.2. The highest BCUT2D eigenvalue weighted by Gasteiger charge is 2.17.